The average molecular weight is 734 g/mol. The maximum atomic E-state index is 14.0. The minimum atomic E-state index is -3.83. The van der Waals surface area contributed by atoms with Crippen LogP contribution in [0, 0.1) is 12.1 Å². The van der Waals surface area contributed by atoms with Crippen molar-refractivity contribution < 1.29 is 41.1 Å². The first kappa shape index (κ1) is 38.9. The van der Waals surface area contributed by atoms with E-state index in [0.29, 0.717) is 38.5 Å². The van der Waals surface area contributed by atoms with E-state index >= 15 is 0 Å². The fourth-order valence-electron chi connectivity index (χ4n) is 5.68. The van der Waals surface area contributed by atoms with Crippen molar-refractivity contribution in [3.05, 3.63) is 125 Å². The number of hydrogen-bond donors (Lipinski definition) is 0. The Balaban J connectivity index is 0.996. The Labute approximate surface area is 306 Å². The van der Waals surface area contributed by atoms with Gasteiger partial charge in [0.1, 0.15) is 31.3 Å². The molecule has 4 aromatic carbocycles. The van der Waals surface area contributed by atoms with Crippen molar-refractivity contribution in [3.8, 4) is 11.5 Å². The van der Waals surface area contributed by atoms with Crippen molar-refractivity contribution in [2.24, 2.45) is 0 Å². The quantitative estimate of drug-likeness (QED) is 0.0517. The summed E-state index contributed by atoms with van der Waals surface area (Å²) in [5, 5.41) is 15.7. The molecule has 1 amide bonds. The maximum absolute atomic E-state index is 14.0. The molecule has 52 heavy (non-hydrogen) atoms. The van der Waals surface area contributed by atoms with Crippen LogP contribution in [0.2, 0.25) is 0 Å². The normalized spacial score (nSPS) is 14.9. The van der Waals surface area contributed by atoms with Gasteiger partial charge in [-0.2, -0.15) is 8.42 Å². The number of nitrogens with zero attached hydrogens (tertiary/aromatic N) is 3. The number of carbonyl (C=O) groups is 1. The lowest BCUT2D eigenvalue weighted by Crippen LogP contribution is -2.64. The van der Waals surface area contributed by atoms with Gasteiger partial charge in [-0.3, -0.25) is 4.18 Å². The van der Waals surface area contributed by atoms with Crippen LogP contribution in [0.1, 0.15) is 28.4 Å². The van der Waals surface area contributed by atoms with Crippen LogP contribution >= 0.6 is 0 Å². The molecule has 0 aliphatic carbocycles. The van der Waals surface area contributed by atoms with Gasteiger partial charge in [-0.05, 0) is 74.0 Å². The largest absolute Gasteiger partial charge is 0.604 e. The molecular weight excluding hydrogens is 687 g/mol. The Morgan fingerprint density at radius 1 is 0.731 bits per heavy atom. The number of aryl methyl sites for hydroxylation is 1. The van der Waals surface area contributed by atoms with Crippen LogP contribution < -0.4 is 14.4 Å². The first-order valence-electron chi connectivity index (χ1n) is 17.4. The number of rotatable bonds is 19. The van der Waals surface area contributed by atoms with Gasteiger partial charge in [-0.15, -0.1) is 5.01 Å². The summed E-state index contributed by atoms with van der Waals surface area (Å²) in [5.74, 6) is 0.711. The number of ether oxygens (including phenoxy) is 4. The predicted octanol–water partition coefficient (Wildman–Crippen LogP) is 5.60. The van der Waals surface area contributed by atoms with Gasteiger partial charge in [0.25, 0.3) is 10.1 Å². The lowest BCUT2D eigenvalue weighted by atomic mass is 10.2. The van der Waals surface area contributed by atoms with E-state index < -0.39 is 20.8 Å². The molecule has 0 N–H and O–H groups in total. The van der Waals surface area contributed by atoms with Crippen LogP contribution in [0.15, 0.2) is 108 Å². The van der Waals surface area contributed by atoms with Gasteiger partial charge in [0.15, 0.2) is 0 Å². The highest BCUT2D eigenvalue weighted by Gasteiger charge is 2.37. The summed E-state index contributed by atoms with van der Waals surface area (Å²) >= 11 is 0. The van der Waals surface area contributed by atoms with Gasteiger partial charge in [0.05, 0.1) is 56.6 Å². The zero-order valence-corrected chi connectivity index (χ0v) is 30.5. The van der Waals surface area contributed by atoms with E-state index in [1.54, 1.807) is 48.3 Å². The molecule has 1 heterocycles. The van der Waals surface area contributed by atoms with E-state index in [1.165, 1.54) is 12.1 Å². The van der Waals surface area contributed by atoms with Gasteiger partial charge in [0.2, 0.25) is 0 Å². The number of quaternary nitrogens is 1. The third kappa shape index (κ3) is 10.8. The molecule has 1 saturated heterocycles. The van der Waals surface area contributed by atoms with Crippen LogP contribution in [0.5, 0.6) is 11.5 Å². The second-order valence-electron chi connectivity index (χ2n) is 12.2. The first-order chi connectivity index (χ1) is 25.2. The fraction of sp³-hybridized carbons (Fsp3) is 0.359. The van der Waals surface area contributed by atoms with Crippen molar-refractivity contribution in [2.75, 3.05) is 77.3 Å². The number of benzene rings is 4. The molecule has 0 saturated carbocycles. The lowest BCUT2D eigenvalue weighted by molar-refractivity contribution is -0.920. The third-order valence-electron chi connectivity index (χ3n) is 8.63. The molecule has 0 aromatic heterocycles. The zero-order chi connectivity index (χ0) is 36.8. The van der Waals surface area contributed by atoms with Crippen LogP contribution in [-0.4, -0.2) is 96.5 Å². The van der Waals surface area contributed by atoms with Gasteiger partial charge in [0, 0.05) is 18.8 Å². The van der Waals surface area contributed by atoms with Crippen LogP contribution in [0.3, 0.4) is 0 Å². The first-order valence-corrected chi connectivity index (χ1v) is 18.8. The van der Waals surface area contributed by atoms with E-state index in [2.05, 4.69) is 4.90 Å². The lowest BCUT2D eigenvalue weighted by Gasteiger charge is -2.49. The molecule has 12 nitrogen and oxygen atoms in total. The molecule has 278 valence electrons. The summed E-state index contributed by atoms with van der Waals surface area (Å²) in [6, 6.07) is 31.0. The van der Waals surface area contributed by atoms with E-state index in [4.69, 9.17) is 23.1 Å². The standard InChI is InChI=1S/C39H47N3O9S/c1-3-42(44,41-22-20-40(21-23-41)35-14-16-36(17-15-35)50-31-33-8-5-4-6-9-33)39(43)34-10-7-11-37(30-34)49-28-26-47-24-25-48-27-29-51-52(45,46)38-18-12-32(2)13-19-38/h4-19,30H,3,20-29,31H2,1-2H3. The monoisotopic (exact) mass is 733 g/mol. The number of carbonyl (C=O) groups excluding carboxylic acids is 1. The molecule has 0 bridgehead atoms. The fourth-order valence-corrected chi connectivity index (χ4v) is 6.57. The molecule has 1 fully saturated rings. The number of amides is 1. The maximum Gasteiger partial charge on any atom is 0.365 e. The summed E-state index contributed by atoms with van der Waals surface area (Å²) in [7, 11) is -3.83. The number of piperazine rings is 1. The highest BCUT2D eigenvalue weighted by molar-refractivity contribution is 7.86. The number of hydroxylamine groups is 2. The van der Waals surface area contributed by atoms with Crippen molar-refractivity contribution in [1.82, 2.24) is 5.01 Å². The Morgan fingerprint density at radius 3 is 2.06 bits per heavy atom. The smallest absolute Gasteiger partial charge is 0.365 e. The van der Waals surface area contributed by atoms with Crippen molar-refractivity contribution >= 4 is 21.7 Å². The summed E-state index contributed by atoms with van der Waals surface area (Å²) in [6.07, 6.45) is 0. The SMILES string of the molecule is CC[N+]([O-])(C(=O)c1cccc(OCCOCCOCCOS(=O)(=O)c2ccc(C)cc2)c1)N1CCN(c2ccc(OCc3ccccc3)cc2)CC1. The second-order valence-corrected chi connectivity index (χ2v) is 13.8. The second kappa shape index (κ2) is 18.9. The van der Waals surface area contributed by atoms with Crippen LogP contribution in [-0.2, 0) is 30.4 Å². The van der Waals surface area contributed by atoms with Crippen LogP contribution in [0.4, 0.5) is 5.69 Å². The predicted molar refractivity (Wildman–Crippen MR) is 197 cm³/mol. The molecule has 0 radical (unpaired) electrons. The van der Waals surface area contributed by atoms with E-state index in [-0.39, 0.29) is 56.6 Å². The van der Waals surface area contributed by atoms with Gasteiger partial charge in [-0.1, -0.05) is 54.1 Å². The van der Waals surface area contributed by atoms with Crippen LogP contribution in [0.25, 0.3) is 0 Å². The molecule has 1 unspecified atom stereocenters. The topological polar surface area (TPSA) is 127 Å². The Kier molecular flexibility index (Phi) is 14.2. The Morgan fingerprint density at radius 2 is 1.38 bits per heavy atom. The minimum absolute atomic E-state index is 0.0714. The van der Waals surface area contributed by atoms with Crippen molar-refractivity contribution in [3.63, 3.8) is 0 Å². The molecule has 1 atom stereocenters. The van der Waals surface area contributed by atoms with E-state index in [1.807, 2.05) is 61.5 Å². The molecule has 13 heteroatoms. The highest BCUT2D eigenvalue weighted by Crippen LogP contribution is 2.26. The number of hydrogen-bond acceptors (Lipinski definition) is 11. The molecule has 5 rings (SSSR count). The van der Waals surface area contributed by atoms with E-state index in [9.17, 15) is 18.4 Å². The van der Waals surface area contributed by atoms with Crippen molar-refractivity contribution in [1.29, 1.82) is 0 Å². The Bertz CT molecular complexity index is 1800. The zero-order valence-electron chi connectivity index (χ0n) is 29.7. The Hall–Kier alpha value is -4.34. The average Bonchev–Trinajstić information content (AvgIpc) is 3.18. The molecule has 1 aliphatic heterocycles. The number of anilines is 1. The molecule has 1 aliphatic rings. The summed E-state index contributed by atoms with van der Waals surface area (Å²) in [5.41, 5.74) is 3.38. The van der Waals surface area contributed by atoms with Gasteiger partial charge < -0.3 is 29.1 Å². The molecular formula is C39H47N3O9S. The minimum Gasteiger partial charge on any atom is -0.604 e. The molecule has 4 aromatic rings. The van der Waals surface area contributed by atoms with Gasteiger partial charge >= 0.3 is 5.91 Å². The summed E-state index contributed by atoms with van der Waals surface area (Å²) < 4.78 is 51.0. The third-order valence-corrected chi connectivity index (χ3v) is 9.96. The summed E-state index contributed by atoms with van der Waals surface area (Å²) in [6.45, 7) is 7.28. The summed E-state index contributed by atoms with van der Waals surface area (Å²) in [4.78, 5) is 15.9. The highest BCUT2D eigenvalue weighted by atomic mass is 32.2. The van der Waals surface area contributed by atoms with Crippen molar-refractivity contribution in [2.45, 2.75) is 25.3 Å². The molecule has 0 spiro atoms. The van der Waals surface area contributed by atoms with Gasteiger partial charge in [-0.25, -0.2) is 9.55 Å². The van der Waals surface area contributed by atoms with E-state index in [0.717, 1.165) is 22.6 Å².